The van der Waals surface area contributed by atoms with Crippen LogP contribution in [0.1, 0.15) is 52.2 Å². The lowest BCUT2D eigenvalue weighted by atomic mass is 9.96. The minimum absolute atomic E-state index is 0.185. The van der Waals surface area contributed by atoms with Crippen LogP contribution in [-0.4, -0.2) is 28.6 Å². The summed E-state index contributed by atoms with van der Waals surface area (Å²) in [5, 5.41) is 12.7. The van der Waals surface area contributed by atoms with Crippen molar-refractivity contribution in [2.75, 3.05) is 0 Å². The van der Waals surface area contributed by atoms with Crippen LogP contribution in [0.5, 0.6) is 0 Å². The maximum absolute atomic E-state index is 13.9. The monoisotopic (exact) mass is 343 g/mol. The van der Waals surface area contributed by atoms with Gasteiger partial charge in [0.15, 0.2) is 0 Å². The molecular weight excluding hydrogens is 320 g/mol. The number of carbonyl (C=O) groups is 2. The van der Waals surface area contributed by atoms with Gasteiger partial charge in [-0.25, -0.2) is 13.6 Å². The minimum Gasteiger partial charge on any atom is -0.444 e. The Morgan fingerprint density at radius 1 is 1.29 bits per heavy atom. The summed E-state index contributed by atoms with van der Waals surface area (Å²) in [5.41, 5.74) is -1.11. The molecule has 1 aromatic rings. The van der Waals surface area contributed by atoms with E-state index in [1.54, 1.807) is 27.7 Å². The first-order valence-electron chi connectivity index (χ1n) is 7.67. The van der Waals surface area contributed by atoms with Crippen LogP contribution in [0.2, 0.25) is 0 Å². The van der Waals surface area contributed by atoms with Gasteiger partial charge in [-0.05, 0) is 39.0 Å². The lowest BCUT2D eigenvalue weighted by Crippen LogP contribution is -2.43. The van der Waals surface area contributed by atoms with Gasteiger partial charge in [0, 0.05) is 18.4 Å². The van der Waals surface area contributed by atoms with Gasteiger partial charge < -0.3 is 15.2 Å². The molecule has 0 heterocycles. The first kappa shape index (κ1) is 20.0. The van der Waals surface area contributed by atoms with E-state index in [4.69, 9.17) is 4.74 Å². The Morgan fingerprint density at radius 2 is 1.92 bits per heavy atom. The van der Waals surface area contributed by atoms with Crippen LogP contribution in [-0.2, 0) is 9.53 Å². The molecule has 0 radical (unpaired) electrons. The lowest BCUT2D eigenvalue weighted by molar-refractivity contribution is -0.119. The first-order valence-corrected chi connectivity index (χ1v) is 7.67. The number of halogens is 2. The molecule has 1 aromatic carbocycles. The Balaban J connectivity index is 3.01. The molecule has 0 aliphatic heterocycles. The molecule has 0 aliphatic carbocycles. The summed E-state index contributed by atoms with van der Waals surface area (Å²) in [6.45, 7) is 6.59. The molecule has 0 saturated carbocycles. The fraction of sp³-hybridized carbons (Fsp3) is 0.529. The summed E-state index contributed by atoms with van der Waals surface area (Å²) >= 11 is 0. The number of alkyl carbamates (subject to hydrolysis) is 1. The van der Waals surface area contributed by atoms with Crippen molar-refractivity contribution >= 4 is 11.9 Å². The standard InChI is InChI=1S/C17H23F2NO4/c1-5-11(21)9-14(20-16(23)24-17(2,3)4)15(22)12-8-10(18)6-7-13(12)19/h6-8,14-15,22H,5,9H2,1-4H3,(H,20,23)/t14?,15-/m1/s1. The highest BCUT2D eigenvalue weighted by atomic mass is 19.1. The molecular formula is C17H23F2NO4. The number of Topliss-reactive ketones (excluding diaryl/α,β-unsaturated/α-hetero) is 1. The maximum atomic E-state index is 13.9. The molecule has 7 heteroatoms. The number of aliphatic hydroxyl groups is 1. The van der Waals surface area contributed by atoms with E-state index >= 15 is 0 Å². The van der Waals surface area contributed by atoms with E-state index in [-0.39, 0.29) is 24.2 Å². The first-order chi connectivity index (χ1) is 11.0. The van der Waals surface area contributed by atoms with E-state index in [0.29, 0.717) is 0 Å². The van der Waals surface area contributed by atoms with Crippen LogP contribution < -0.4 is 5.32 Å². The van der Waals surface area contributed by atoms with Gasteiger partial charge >= 0.3 is 6.09 Å². The van der Waals surface area contributed by atoms with Gasteiger partial charge in [-0.2, -0.15) is 0 Å². The molecule has 2 atom stereocenters. The molecule has 24 heavy (non-hydrogen) atoms. The van der Waals surface area contributed by atoms with Crippen molar-refractivity contribution < 1.29 is 28.2 Å². The van der Waals surface area contributed by atoms with Crippen molar-refractivity contribution in [2.45, 2.75) is 58.3 Å². The maximum Gasteiger partial charge on any atom is 0.407 e. The SMILES string of the molecule is CCC(=O)CC(NC(=O)OC(C)(C)C)[C@H](O)c1cc(F)ccc1F. The second-order valence-corrected chi connectivity index (χ2v) is 6.46. The zero-order chi connectivity index (χ0) is 18.5. The summed E-state index contributed by atoms with van der Waals surface area (Å²) in [5.74, 6) is -1.81. The molecule has 0 bridgehead atoms. The fourth-order valence-corrected chi connectivity index (χ4v) is 2.05. The number of nitrogens with one attached hydrogen (secondary N) is 1. The number of hydrogen-bond donors (Lipinski definition) is 2. The number of hydrogen-bond acceptors (Lipinski definition) is 4. The Labute approximate surface area is 140 Å². The average Bonchev–Trinajstić information content (AvgIpc) is 2.46. The zero-order valence-corrected chi connectivity index (χ0v) is 14.2. The molecule has 2 N–H and O–H groups in total. The molecule has 0 aliphatic rings. The van der Waals surface area contributed by atoms with Gasteiger partial charge in [0.25, 0.3) is 0 Å². The smallest absolute Gasteiger partial charge is 0.407 e. The number of benzene rings is 1. The number of aliphatic hydroxyl groups excluding tert-OH is 1. The van der Waals surface area contributed by atoms with Crippen molar-refractivity contribution in [3.8, 4) is 0 Å². The second-order valence-electron chi connectivity index (χ2n) is 6.46. The third kappa shape index (κ3) is 6.23. The van der Waals surface area contributed by atoms with Crippen LogP contribution >= 0.6 is 0 Å². The lowest BCUT2D eigenvalue weighted by Gasteiger charge is -2.26. The highest BCUT2D eigenvalue weighted by Gasteiger charge is 2.29. The number of ether oxygens (including phenoxy) is 1. The van der Waals surface area contributed by atoms with Crippen LogP contribution in [0, 0.1) is 11.6 Å². The Bertz CT molecular complexity index is 599. The van der Waals surface area contributed by atoms with Gasteiger partial charge in [0.05, 0.1) is 6.04 Å². The van der Waals surface area contributed by atoms with Crippen LogP contribution in [0.4, 0.5) is 13.6 Å². The van der Waals surface area contributed by atoms with Crippen LogP contribution in [0.15, 0.2) is 18.2 Å². The largest absolute Gasteiger partial charge is 0.444 e. The van der Waals surface area contributed by atoms with Gasteiger partial charge in [-0.15, -0.1) is 0 Å². The molecule has 1 amide bonds. The predicted molar refractivity (Wildman–Crippen MR) is 84.4 cm³/mol. The Hall–Kier alpha value is -2.02. The van der Waals surface area contributed by atoms with Crippen molar-refractivity contribution in [3.05, 3.63) is 35.4 Å². The fourth-order valence-electron chi connectivity index (χ4n) is 2.05. The van der Waals surface area contributed by atoms with E-state index in [1.807, 2.05) is 0 Å². The minimum atomic E-state index is -1.59. The molecule has 1 rings (SSSR count). The third-order valence-corrected chi connectivity index (χ3v) is 3.20. The molecule has 0 fully saturated rings. The molecule has 0 aromatic heterocycles. The van der Waals surface area contributed by atoms with Gasteiger partial charge in [0.2, 0.25) is 0 Å². The quantitative estimate of drug-likeness (QED) is 0.831. The third-order valence-electron chi connectivity index (χ3n) is 3.20. The molecule has 0 spiro atoms. The van der Waals surface area contributed by atoms with E-state index in [0.717, 1.165) is 18.2 Å². The van der Waals surface area contributed by atoms with Crippen LogP contribution in [0.3, 0.4) is 0 Å². The highest BCUT2D eigenvalue weighted by Crippen LogP contribution is 2.24. The number of ketones is 1. The van der Waals surface area contributed by atoms with E-state index in [9.17, 15) is 23.5 Å². The van der Waals surface area contributed by atoms with Crippen molar-refractivity contribution in [2.24, 2.45) is 0 Å². The van der Waals surface area contributed by atoms with Crippen molar-refractivity contribution in [1.82, 2.24) is 5.32 Å². The molecule has 134 valence electrons. The van der Waals surface area contributed by atoms with Crippen molar-refractivity contribution in [3.63, 3.8) is 0 Å². The summed E-state index contributed by atoms with van der Waals surface area (Å²) in [6, 6.07) is 1.49. The summed E-state index contributed by atoms with van der Waals surface area (Å²) in [6.07, 6.45) is -2.49. The number of amides is 1. The average molecular weight is 343 g/mol. The number of rotatable bonds is 6. The number of carbonyl (C=O) groups excluding carboxylic acids is 2. The van der Waals surface area contributed by atoms with Gasteiger partial charge in [-0.3, -0.25) is 4.79 Å². The van der Waals surface area contributed by atoms with Crippen molar-refractivity contribution in [1.29, 1.82) is 0 Å². The van der Waals surface area contributed by atoms with E-state index < -0.39 is 35.5 Å². The molecule has 0 saturated heterocycles. The summed E-state index contributed by atoms with van der Waals surface area (Å²) in [4.78, 5) is 23.6. The van der Waals surface area contributed by atoms with Gasteiger partial charge in [-0.1, -0.05) is 6.92 Å². The molecule has 1 unspecified atom stereocenters. The Morgan fingerprint density at radius 3 is 2.46 bits per heavy atom. The van der Waals surface area contributed by atoms with Gasteiger partial charge in [0.1, 0.15) is 29.1 Å². The normalized spacial score (nSPS) is 14.0. The second kappa shape index (κ2) is 8.19. The topological polar surface area (TPSA) is 75.6 Å². The summed E-state index contributed by atoms with van der Waals surface area (Å²) in [7, 11) is 0. The van der Waals surface area contributed by atoms with E-state index in [1.165, 1.54) is 0 Å². The highest BCUT2D eigenvalue weighted by molar-refractivity contribution is 5.79. The molecule has 5 nitrogen and oxygen atoms in total. The zero-order valence-electron chi connectivity index (χ0n) is 14.2. The predicted octanol–water partition coefficient (Wildman–Crippen LogP) is 3.26. The Kier molecular flexibility index (Phi) is 6.83. The van der Waals surface area contributed by atoms with E-state index in [2.05, 4.69) is 5.32 Å². The van der Waals surface area contributed by atoms with Crippen LogP contribution in [0.25, 0.3) is 0 Å². The summed E-state index contributed by atoms with van der Waals surface area (Å²) < 4.78 is 32.3.